The van der Waals surface area contributed by atoms with E-state index in [9.17, 15) is 4.39 Å². The first kappa shape index (κ1) is 16.9. The molecule has 0 rings (SSSR count). The first-order chi connectivity index (χ1) is 8.27. The highest BCUT2D eigenvalue weighted by molar-refractivity contribution is 4.47. The van der Waals surface area contributed by atoms with E-state index < -0.39 is 6.36 Å². The summed E-state index contributed by atoms with van der Waals surface area (Å²) in [6, 6.07) is 0. The smallest absolute Gasteiger partial charge is 0.195 e. The van der Waals surface area contributed by atoms with E-state index in [-0.39, 0.29) is 0 Å². The van der Waals surface area contributed by atoms with Gasteiger partial charge in [-0.2, -0.15) is 0 Å². The van der Waals surface area contributed by atoms with Crippen molar-refractivity contribution in [3.8, 4) is 0 Å². The maximum atomic E-state index is 12.3. The maximum absolute atomic E-state index is 12.3. The van der Waals surface area contributed by atoms with Gasteiger partial charge >= 0.3 is 0 Å². The predicted octanol–water partition coefficient (Wildman–Crippen LogP) is 5.63. The number of hydrogen-bond donors (Lipinski definition) is 0. The molecule has 0 aliphatic rings. The predicted molar refractivity (Wildman–Crippen MR) is 73.0 cm³/mol. The molecular weight excluding hydrogens is 215 g/mol. The van der Waals surface area contributed by atoms with E-state index in [1.54, 1.807) is 0 Å². The molecule has 0 radical (unpaired) electrons. The van der Waals surface area contributed by atoms with Crippen molar-refractivity contribution in [1.29, 1.82) is 0 Å². The fourth-order valence-electron chi connectivity index (χ4n) is 2.01. The highest BCUT2D eigenvalue weighted by Gasteiger charge is 1.96. The summed E-state index contributed by atoms with van der Waals surface area (Å²) in [5.74, 6) is 0. The van der Waals surface area contributed by atoms with E-state index in [0.29, 0.717) is 6.61 Å². The van der Waals surface area contributed by atoms with E-state index in [4.69, 9.17) is 4.74 Å². The molecule has 0 fully saturated rings. The largest absolute Gasteiger partial charge is 0.348 e. The Morgan fingerprint density at radius 2 is 1.18 bits per heavy atom. The fourth-order valence-corrected chi connectivity index (χ4v) is 2.01. The summed E-state index contributed by atoms with van der Waals surface area (Å²) < 4.78 is 17.1. The lowest BCUT2D eigenvalue weighted by Crippen LogP contribution is -2.01. The fraction of sp³-hybridized carbons (Fsp3) is 1.00. The summed E-state index contributed by atoms with van der Waals surface area (Å²) in [6.45, 7) is 4.28. The summed E-state index contributed by atoms with van der Waals surface area (Å²) in [5, 5.41) is 0. The van der Waals surface area contributed by atoms with Gasteiger partial charge in [-0.25, -0.2) is 4.39 Å². The van der Waals surface area contributed by atoms with Gasteiger partial charge in [0.05, 0.1) is 6.61 Å². The molecule has 0 saturated heterocycles. The molecule has 0 aromatic carbocycles. The van der Waals surface area contributed by atoms with E-state index in [1.807, 2.05) is 0 Å². The molecule has 0 amide bonds. The zero-order valence-electron chi connectivity index (χ0n) is 11.8. The van der Waals surface area contributed by atoms with Crippen LogP contribution in [-0.2, 0) is 4.74 Å². The van der Waals surface area contributed by atoms with E-state index in [0.717, 1.165) is 6.42 Å². The average molecular weight is 246 g/mol. The van der Waals surface area contributed by atoms with Crippen LogP contribution in [-0.4, -0.2) is 13.0 Å². The molecule has 0 aromatic rings. The summed E-state index contributed by atoms with van der Waals surface area (Å²) in [5.41, 5.74) is 0. The van der Waals surface area contributed by atoms with Gasteiger partial charge in [0.25, 0.3) is 0 Å². The molecule has 17 heavy (non-hydrogen) atoms. The van der Waals surface area contributed by atoms with Gasteiger partial charge in [-0.1, -0.05) is 71.1 Å². The number of alkyl halides is 1. The SMILES string of the molecule is CCCCCCCCCCCCCOC(C)F. The lowest BCUT2D eigenvalue weighted by Gasteiger charge is -2.04. The Hall–Kier alpha value is -0.110. The van der Waals surface area contributed by atoms with Crippen LogP contribution in [0.1, 0.15) is 84.5 Å². The molecule has 0 N–H and O–H groups in total. The van der Waals surface area contributed by atoms with Crippen LogP contribution in [0.4, 0.5) is 4.39 Å². The van der Waals surface area contributed by atoms with Crippen LogP contribution in [0.15, 0.2) is 0 Å². The van der Waals surface area contributed by atoms with Gasteiger partial charge in [0, 0.05) is 0 Å². The Morgan fingerprint density at radius 1 is 0.765 bits per heavy atom. The van der Waals surface area contributed by atoms with Crippen molar-refractivity contribution in [2.45, 2.75) is 90.8 Å². The van der Waals surface area contributed by atoms with Gasteiger partial charge in [-0.3, -0.25) is 0 Å². The van der Waals surface area contributed by atoms with Gasteiger partial charge in [-0.05, 0) is 13.3 Å². The van der Waals surface area contributed by atoms with Gasteiger partial charge in [-0.15, -0.1) is 0 Å². The average Bonchev–Trinajstić information content (AvgIpc) is 2.30. The van der Waals surface area contributed by atoms with E-state index in [1.165, 1.54) is 71.1 Å². The molecule has 0 aliphatic carbocycles. The molecule has 1 unspecified atom stereocenters. The molecule has 0 aliphatic heterocycles. The zero-order chi connectivity index (χ0) is 12.8. The summed E-state index contributed by atoms with van der Waals surface area (Å²) in [7, 11) is 0. The molecule has 0 spiro atoms. The minimum atomic E-state index is -1.10. The lowest BCUT2D eigenvalue weighted by atomic mass is 10.1. The molecule has 0 aromatic heterocycles. The summed E-state index contributed by atoms with van der Waals surface area (Å²) in [6.07, 6.45) is 13.4. The number of hydrogen-bond acceptors (Lipinski definition) is 1. The molecule has 1 atom stereocenters. The Morgan fingerprint density at radius 3 is 1.59 bits per heavy atom. The number of rotatable bonds is 13. The summed E-state index contributed by atoms with van der Waals surface area (Å²) in [4.78, 5) is 0. The Bertz CT molecular complexity index is 137. The quantitative estimate of drug-likeness (QED) is 0.383. The topological polar surface area (TPSA) is 9.23 Å². The molecular formula is C15H31FO. The number of ether oxygens (including phenoxy) is 1. The third kappa shape index (κ3) is 15.9. The van der Waals surface area contributed by atoms with Crippen molar-refractivity contribution in [3.63, 3.8) is 0 Å². The second-order valence-electron chi connectivity index (χ2n) is 4.95. The number of unbranched alkanes of at least 4 members (excludes halogenated alkanes) is 10. The van der Waals surface area contributed by atoms with Crippen molar-refractivity contribution in [2.24, 2.45) is 0 Å². The second-order valence-corrected chi connectivity index (χ2v) is 4.95. The first-order valence-corrected chi connectivity index (χ1v) is 7.53. The molecule has 2 heteroatoms. The maximum Gasteiger partial charge on any atom is 0.195 e. The van der Waals surface area contributed by atoms with Gasteiger partial charge < -0.3 is 4.74 Å². The lowest BCUT2D eigenvalue weighted by molar-refractivity contribution is -0.0258. The van der Waals surface area contributed by atoms with Crippen LogP contribution in [0.5, 0.6) is 0 Å². The Labute approximate surface area is 107 Å². The summed E-state index contributed by atoms with van der Waals surface area (Å²) >= 11 is 0. The van der Waals surface area contributed by atoms with Crippen molar-refractivity contribution < 1.29 is 9.13 Å². The normalized spacial score (nSPS) is 12.9. The van der Waals surface area contributed by atoms with Crippen molar-refractivity contribution in [1.82, 2.24) is 0 Å². The second kappa shape index (κ2) is 14.0. The third-order valence-corrected chi connectivity index (χ3v) is 3.10. The van der Waals surface area contributed by atoms with Gasteiger partial charge in [0.2, 0.25) is 0 Å². The molecule has 104 valence electrons. The monoisotopic (exact) mass is 246 g/mol. The highest BCUT2D eigenvalue weighted by Crippen LogP contribution is 2.11. The van der Waals surface area contributed by atoms with Gasteiger partial charge in [0.1, 0.15) is 0 Å². The van der Waals surface area contributed by atoms with Crippen molar-refractivity contribution >= 4 is 0 Å². The molecule has 1 nitrogen and oxygen atoms in total. The van der Waals surface area contributed by atoms with Crippen LogP contribution in [0.3, 0.4) is 0 Å². The highest BCUT2D eigenvalue weighted by atomic mass is 19.1. The Kier molecular flexibility index (Phi) is 13.9. The molecule has 0 heterocycles. The third-order valence-electron chi connectivity index (χ3n) is 3.10. The minimum absolute atomic E-state index is 0.578. The van der Waals surface area contributed by atoms with Crippen LogP contribution < -0.4 is 0 Å². The Balaban J connectivity index is 2.89. The van der Waals surface area contributed by atoms with Crippen LogP contribution in [0, 0.1) is 0 Å². The van der Waals surface area contributed by atoms with Crippen LogP contribution in [0.2, 0.25) is 0 Å². The number of halogens is 1. The van der Waals surface area contributed by atoms with Crippen LogP contribution in [0.25, 0.3) is 0 Å². The standard InChI is InChI=1S/C15H31FO/c1-3-4-5-6-7-8-9-10-11-12-13-14-17-15(2)16/h15H,3-14H2,1-2H3. The van der Waals surface area contributed by atoms with Crippen molar-refractivity contribution in [3.05, 3.63) is 0 Å². The first-order valence-electron chi connectivity index (χ1n) is 7.53. The zero-order valence-corrected chi connectivity index (χ0v) is 11.8. The molecule has 0 saturated carbocycles. The van der Waals surface area contributed by atoms with E-state index in [2.05, 4.69) is 6.92 Å². The molecule has 0 bridgehead atoms. The van der Waals surface area contributed by atoms with Crippen LogP contribution >= 0.6 is 0 Å². The van der Waals surface area contributed by atoms with Gasteiger partial charge in [0.15, 0.2) is 6.36 Å². The van der Waals surface area contributed by atoms with E-state index >= 15 is 0 Å². The van der Waals surface area contributed by atoms with Crippen molar-refractivity contribution in [2.75, 3.05) is 6.61 Å². The minimum Gasteiger partial charge on any atom is -0.348 e.